The zero-order chi connectivity index (χ0) is 16.2. The Morgan fingerprint density at radius 3 is 2.43 bits per heavy atom. The van der Waals surface area contributed by atoms with Gasteiger partial charge in [-0.2, -0.15) is 0 Å². The first-order chi connectivity index (χ1) is 11.1. The van der Waals surface area contributed by atoms with E-state index in [0.29, 0.717) is 18.3 Å². The second kappa shape index (κ2) is 7.43. The number of carbonyl (C=O) groups is 1. The topological polar surface area (TPSA) is 55.1 Å². The van der Waals surface area contributed by atoms with Crippen LogP contribution in [0.2, 0.25) is 0 Å². The third-order valence-electron chi connectivity index (χ3n) is 5.58. The predicted octanol–water partition coefficient (Wildman–Crippen LogP) is 3.69. The zero-order valence-corrected chi connectivity index (χ0v) is 13.6. The van der Waals surface area contributed by atoms with Gasteiger partial charge in [0.15, 0.2) is 0 Å². The lowest BCUT2D eigenvalue weighted by Crippen LogP contribution is -2.36. The minimum Gasteiger partial charge on any atom is -0.349 e. The highest BCUT2D eigenvalue weighted by atomic mass is 19.1. The first-order valence-corrected chi connectivity index (χ1v) is 8.94. The van der Waals surface area contributed by atoms with Crippen LogP contribution in [-0.4, -0.2) is 11.9 Å². The molecule has 126 valence electrons. The van der Waals surface area contributed by atoms with E-state index in [1.54, 1.807) is 12.1 Å². The highest BCUT2D eigenvalue weighted by molar-refractivity contribution is 5.77. The molecule has 2 saturated carbocycles. The van der Waals surface area contributed by atoms with Gasteiger partial charge in [0, 0.05) is 12.5 Å². The fraction of sp³-hybridized carbons (Fsp3) is 0.632. The molecule has 2 fully saturated rings. The van der Waals surface area contributed by atoms with Crippen LogP contribution in [0.1, 0.15) is 63.0 Å². The van der Waals surface area contributed by atoms with E-state index in [-0.39, 0.29) is 23.8 Å². The molecule has 0 spiro atoms. The van der Waals surface area contributed by atoms with Gasteiger partial charge < -0.3 is 11.1 Å². The maximum Gasteiger partial charge on any atom is 0.220 e. The molecule has 0 aliphatic heterocycles. The Kier molecular flexibility index (Phi) is 5.31. The normalized spacial score (nSPS) is 26.3. The van der Waals surface area contributed by atoms with Crippen molar-refractivity contribution in [2.75, 3.05) is 0 Å². The van der Waals surface area contributed by atoms with Crippen molar-refractivity contribution in [3.63, 3.8) is 0 Å². The number of benzene rings is 1. The molecule has 1 aromatic carbocycles. The summed E-state index contributed by atoms with van der Waals surface area (Å²) in [5.74, 6) is 0.630. The molecule has 2 aliphatic rings. The van der Waals surface area contributed by atoms with Gasteiger partial charge in [0.05, 0.1) is 6.04 Å². The Morgan fingerprint density at radius 1 is 1.13 bits per heavy atom. The molecule has 0 saturated heterocycles. The van der Waals surface area contributed by atoms with Crippen molar-refractivity contribution >= 4 is 5.91 Å². The van der Waals surface area contributed by atoms with E-state index in [4.69, 9.17) is 5.73 Å². The molecule has 0 bridgehead atoms. The lowest BCUT2D eigenvalue weighted by Gasteiger charge is -2.26. The van der Waals surface area contributed by atoms with Gasteiger partial charge in [-0.25, -0.2) is 4.39 Å². The SMILES string of the molecule is N[C@@H]1CCC[C@H]1CC(=O)NC(c1ccc(F)cc1)C1CCCC1. The molecule has 1 unspecified atom stereocenters. The lowest BCUT2D eigenvalue weighted by molar-refractivity contribution is -0.123. The van der Waals surface area contributed by atoms with Crippen LogP contribution in [0.3, 0.4) is 0 Å². The van der Waals surface area contributed by atoms with Gasteiger partial charge in [-0.05, 0) is 55.2 Å². The summed E-state index contributed by atoms with van der Waals surface area (Å²) in [6.45, 7) is 0. The molecule has 0 heterocycles. The quantitative estimate of drug-likeness (QED) is 0.870. The van der Waals surface area contributed by atoms with Gasteiger partial charge >= 0.3 is 0 Å². The summed E-state index contributed by atoms with van der Waals surface area (Å²) >= 11 is 0. The largest absolute Gasteiger partial charge is 0.349 e. The first kappa shape index (κ1) is 16.4. The number of amides is 1. The number of halogens is 1. The van der Waals surface area contributed by atoms with Crippen LogP contribution in [-0.2, 0) is 4.79 Å². The molecule has 3 N–H and O–H groups in total. The monoisotopic (exact) mass is 318 g/mol. The highest BCUT2D eigenvalue weighted by Crippen LogP contribution is 2.36. The number of hydrogen-bond donors (Lipinski definition) is 2. The van der Waals surface area contributed by atoms with Gasteiger partial charge in [0.25, 0.3) is 0 Å². The minimum atomic E-state index is -0.234. The van der Waals surface area contributed by atoms with Gasteiger partial charge in [-0.15, -0.1) is 0 Å². The summed E-state index contributed by atoms with van der Waals surface area (Å²) in [4.78, 5) is 12.5. The van der Waals surface area contributed by atoms with Crippen molar-refractivity contribution < 1.29 is 9.18 Å². The van der Waals surface area contributed by atoms with Crippen LogP contribution in [0.4, 0.5) is 4.39 Å². The van der Waals surface area contributed by atoms with Crippen LogP contribution in [0.15, 0.2) is 24.3 Å². The third kappa shape index (κ3) is 4.11. The Bertz CT molecular complexity index is 525. The average Bonchev–Trinajstić information content (AvgIpc) is 3.19. The summed E-state index contributed by atoms with van der Waals surface area (Å²) in [5.41, 5.74) is 7.10. The van der Waals surface area contributed by atoms with E-state index in [1.165, 1.54) is 25.0 Å². The number of nitrogens with one attached hydrogen (secondary N) is 1. The molecule has 23 heavy (non-hydrogen) atoms. The lowest BCUT2D eigenvalue weighted by atomic mass is 9.91. The second-order valence-electron chi connectivity index (χ2n) is 7.20. The molecule has 1 amide bonds. The van der Waals surface area contributed by atoms with E-state index >= 15 is 0 Å². The minimum absolute atomic E-state index is 0.00299. The Labute approximate surface area is 137 Å². The molecule has 3 atom stereocenters. The van der Waals surface area contributed by atoms with Crippen molar-refractivity contribution in [1.82, 2.24) is 5.32 Å². The van der Waals surface area contributed by atoms with Crippen LogP contribution in [0.25, 0.3) is 0 Å². The van der Waals surface area contributed by atoms with Crippen LogP contribution >= 0.6 is 0 Å². The maximum absolute atomic E-state index is 13.2. The summed E-state index contributed by atoms with van der Waals surface area (Å²) in [5, 5.41) is 3.23. The standard InChI is InChI=1S/C19H27FN2O/c20-16-10-8-14(9-11-16)19(13-4-1-2-5-13)22-18(23)12-15-6-3-7-17(15)21/h8-11,13,15,17,19H,1-7,12,21H2,(H,22,23)/t15-,17+,19?/m0/s1. The van der Waals surface area contributed by atoms with Crippen LogP contribution in [0.5, 0.6) is 0 Å². The summed E-state index contributed by atoms with van der Waals surface area (Å²) in [7, 11) is 0. The zero-order valence-electron chi connectivity index (χ0n) is 13.6. The van der Waals surface area contributed by atoms with Crippen molar-refractivity contribution in [3.05, 3.63) is 35.6 Å². The van der Waals surface area contributed by atoms with Crippen molar-refractivity contribution in [2.24, 2.45) is 17.6 Å². The highest BCUT2D eigenvalue weighted by Gasteiger charge is 2.30. The van der Waals surface area contributed by atoms with E-state index in [0.717, 1.165) is 37.7 Å². The molecule has 0 aromatic heterocycles. The first-order valence-electron chi connectivity index (χ1n) is 8.94. The van der Waals surface area contributed by atoms with Crippen LogP contribution < -0.4 is 11.1 Å². The van der Waals surface area contributed by atoms with Gasteiger partial charge in [0.2, 0.25) is 5.91 Å². The Morgan fingerprint density at radius 2 is 1.83 bits per heavy atom. The molecule has 1 aromatic rings. The summed E-state index contributed by atoms with van der Waals surface area (Å²) in [6.07, 6.45) is 8.42. The summed E-state index contributed by atoms with van der Waals surface area (Å²) < 4.78 is 13.2. The molecule has 2 aliphatic carbocycles. The van der Waals surface area contributed by atoms with E-state index in [2.05, 4.69) is 5.32 Å². The number of nitrogens with two attached hydrogens (primary N) is 1. The molecule has 3 rings (SSSR count). The fourth-order valence-corrected chi connectivity index (χ4v) is 4.22. The van der Waals surface area contributed by atoms with Gasteiger partial charge in [0.1, 0.15) is 5.82 Å². The van der Waals surface area contributed by atoms with Crippen molar-refractivity contribution in [1.29, 1.82) is 0 Å². The van der Waals surface area contributed by atoms with E-state index in [9.17, 15) is 9.18 Å². The Balaban J connectivity index is 1.68. The second-order valence-corrected chi connectivity index (χ2v) is 7.20. The van der Waals surface area contributed by atoms with Crippen molar-refractivity contribution in [3.8, 4) is 0 Å². The van der Waals surface area contributed by atoms with Gasteiger partial charge in [-0.3, -0.25) is 4.79 Å². The smallest absolute Gasteiger partial charge is 0.220 e. The molecular formula is C19H27FN2O. The molecular weight excluding hydrogens is 291 g/mol. The van der Waals surface area contributed by atoms with Crippen LogP contribution in [0, 0.1) is 17.7 Å². The number of carbonyl (C=O) groups excluding carboxylic acids is 1. The fourth-order valence-electron chi connectivity index (χ4n) is 4.22. The van der Waals surface area contributed by atoms with Crippen molar-refractivity contribution in [2.45, 2.75) is 63.5 Å². The number of rotatable bonds is 5. The van der Waals surface area contributed by atoms with Gasteiger partial charge in [-0.1, -0.05) is 31.4 Å². The molecule has 3 nitrogen and oxygen atoms in total. The number of hydrogen-bond acceptors (Lipinski definition) is 2. The molecule has 4 heteroatoms. The average molecular weight is 318 g/mol. The Hall–Kier alpha value is -1.42. The van der Waals surface area contributed by atoms with E-state index < -0.39 is 0 Å². The summed E-state index contributed by atoms with van der Waals surface area (Å²) in [6, 6.07) is 6.74. The van der Waals surface area contributed by atoms with E-state index in [1.807, 2.05) is 0 Å². The maximum atomic E-state index is 13.2. The predicted molar refractivity (Wildman–Crippen MR) is 89.2 cm³/mol. The third-order valence-corrected chi connectivity index (χ3v) is 5.58. The molecule has 0 radical (unpaired) electrons.